The second-order valence-electron chi connectivity index (χ2n) is 7.39. The number of aryl methyl sites for hydroxylation is 1. The Morgan fingerprint density at radius 2 is 1.89 bits per heavy atom. The molecular weight excluding hydrogens is 376 g/mol. The Kier molecular flexibility index (Phi) is 7.08. The van der Waals surface area contributed by atoms with Crippen molar-refractivity contribution in [1.29, 1.82) is 0 Å². The van der Waals surface area contributed by atoms with Gasteiger partial charge in [0.05, 0.1) is 0 Å². The molecule has 1 aliphatic rings. The first-order valence-corrected chi connectivity index (χ1v) is 10.1. The van der Waals surface area contributed by atoms with E-state index < -0.39 is 11.7 Å². The van der Waals surface area contributed by atoms with Gasteiger partial charge < -0.3 is 20.4 Å². The van der Waals surface area contributed by atoms with Gasteiger partial charge in [0.1, 0.15) is 11.7 Å². The minimum absolute atomic E-state index is 0.115. The molecular formula is C22H27ClN2O3. The van der Waals surface area contributed by atoms with Crippen LogP contribution in [-0.4, -0.2) is 58.9 Å². The van der Waals surface area contributed by atoms with Crippen molar-refractivity contribution in [3.63, 3.8) is 0 Å². The Morgan fingerprint density at radius 3 is 2.57 bits per heavy atom. The Hall–Kier alpha value is -1.92. The van der Waals surface area contributed by atoms with Crippen LogP contribution in [0.3, 0.4) is 0 Å². The van der Waals surface area contributed by atoms with E-state index in [0.29, 0.717) is 30.1 Å². The van der Waals surface area contributed by atoms with Crippen LogP contribution in [0.5, 0.6) is 0 Å². The van der Waals surface area contributed by atoms with E-state index in [1.54, 1.807) is 29.2 Å². The maximum absolute atomic E-state index is 12.6. The van der Waals surface area contributed by atoms with Crippen LogP contribution in [0.25, 0.3) is 0 Å². The van der Waals surface area contributed by atoms with E-state index in [2.05, 4.69) is 17.4 Å². The van der Waals surface area contributed by atoms with Crippen LogP contribution in [-0.2, 0) is 6.42 Å². The van der Waals surface area contributed by atoms with Gasteiger partial charge in [-0.05, 0) is 55.6 Å². The summed E-state index contributed by atoms with van der Waals surface area (Å²) in [5.41, 5.74) is 0.599. The summed E-state index contributed by atoms with van der Waals surface area (Å²) in [5.74, 6) is -0.159. The average molecular weight is 403 g/mol. The Bertz CT molecular complexity index is 769. The van der Waals surface area contributed by atoms with E-state index in [4.69, 9.17) is 11.6 Å². The normalized spacial score (nSPS) is 22.2. The fourth-order valence-corrected chi connectivity index (χ4v) is 3.62. The lowest BCUT2D eigenvalue weighted by Gasteiger charge is -2.42. The van der Waals surface area contributed by atoms with E-state index in [-0.39, 0.29) is 12.5 Å². The number of carbonyl (C=O) groups is 1. The molecule has 0 aromatic heterocycles. The van der Waals surface area contributed by atoms with E-state index in [9.17, 15) is 15.0 Å². The highest BCUT2D eigenvalue weighted by Gasteiger charge is 2.41. The second kappa shape index (κ2) is 9.52. The maximum atomic E-state index is 12.6. The van der Waals surface area contributed by atoms with Crippen molar-refractivity contribution in [2.45, 2.75) is 31.0 Å². The summed E-state index contributed by atoms with van der Waals surface area (Å²) < 4.78 is 0. The number of β-amino-alcohol motifs (C(OH)–C–C–N with tert-alkyl or cyclic N) is 1. The molecule has 0 spiro atoms. The van der Waals surface area contributed by atoms with Gasteiger partial charge in [-0.3, -0.25) is 4.79 Å². The maximum Gasteiger partial charge on any atom is 0.253 e. The van der Waals surface area contributed by atoms with Crippen molar-refractivity contribution in [3.05, 3.63) is 70.7 Å². The zero-order valence-electron chi connectivity index (χ0n) is 15.9. The predicted molar refractivity (Wildman–Crippen MR) is 111 cm³/mol. The van der Waals surface area contributed by atoms with Gasteiger partial charge in [0.25, 0.3) is 5.91 Å². The molecule has 1 amide bonds. The summed E-state index contributed by atoms with van der Waals surface area (Å²) in [5, 5.41) is 25.1. The smallest absolute Gasteiger partial charge is 0.253 e. The standard InChI is InChI=1S/C22H27ClN2O3/c23-19-10-8-18(9-11-19)21(27)25-14-12-22(28,20(26)15-25)16-24-13-4-7-17-5-2-1-3-6-17/h1-3,5-6,8-11,20,24,26,28H,4,7,12-16H2/t20-,22-/m0/s1. The number of aliphatic hydroxyl groups excluding tert-OH is 1. The summed E-state index contributed by atoms with van der Waals surface area (Å²) in [6.07, 6.45) is 1.27. The number of hydrogen-bond donors (Lipinski definition) is 3. The number of piperidine rings is 1. The van der Waals surface area contributed by atoms with Gasteiger partial charge in [-0.2, -0.15) is 0 Å². The number of benzene rings is 2. The van der Waals surface area contributed by atoms with Gasteiger partial charge >= 0.3 is 0 Å². The predicted octanol–water partition coefficient (Wildman–Crippen LogP) is 2.50. The Morgan fingerprint density at radius 1 is 1.18 bits per heavy atom. The summed E-state index contributed by atoms with van der Waals surface area (Å²) in [6, 6.07) is 17.0. The molecule has 0 bridgehead atoms. The van der Waals surface area contributed by atoms with Crippen molar-refractivity contribution < 1.29 is 15.0 Å². The number of hydrogen-bond acceptors (Lipinski definition) is 4. The first kappa shape index (κ1) is 20.8. The first-order chi connectivity index (χ1) is 13.5. The van der Waals surface area contributed by atoms with Crippen molar-refractivity contribution in [2.75, 3.05) is 26.2 Å². The Balaban J connectivity index is 1.44. The molecule has 28 heavy (non-hydrogen) atoms. The highest BCUT2D eigenvalue weighted by Crippen LogP contribution is 2.24. The van der Waals surface area contributed by atoms with Gasteiger partial charge in [-0.15, -0.1) is 0 Å². The molecule has 0 aliphatic carbocycles. The van der Waals surface area contributed by atoms with Crippen LogP contribution >= 0.6 is 11.6 Å². The molecule has 1 fully saturated rings. The van der Waals surface area contributed by atoms with Crippen molar-refractivity contribution >= 4 is 17.5 Å². The number of rotatable bonds is 7. The third-order valence-electron chi connectivity index (χ3n) is 5.30. The van der Waals surface area contributed by atoms with E-state index >= 15 is 0 Å². The van der Waals surface area contributed by atoms with Crippen molar-refractivity contribution in [3.8, 4) is 0 Å². The number of likely N-dealkylation sites (tertiary alicyclic amines) is 1. The van der Waals surface area contributed by atoms with Crippen LogP contribution in [0.2, 0.25) is 5.02 Å². The minimum Gasteiger partial charge on any atom is -0.388 e. The fourth-order valence-electron chi connectivity index (χ4n) is 3.50. The van der Waals surface area contributed by atoms with Gasteiger partial charge in [0.15, 0.2) is 0 Å². The number of carbonyl (C=O) groups excluding carboxylic acids is 1. The number of aliphatic hydroxyl groups is 2. The van der Waals surface area contributed by atoms with Gasteiger partial charge in [-0.1, -0.05) is 41.9 Å². The monoisotopic (exact) mass is 402 g/mol. The van der Waals surface area contributed by atoms with Crippen LogP contribution in [0, 0.1) is 0 Å². The van der Waals surface area contributed by atoms with Crippen molar-refractivity contribution in [1.82, 2.24) is 10.2 Å². The third-order valence-corrected chi connectivity index (χ3v) is 5.55. The lowest BCUT2D eigenvalue weighted by atomic mass is 9.88. The molecule has 5 nitrogen and oxygen atoms in total. The second-order valence-corrected chi connectivity index (χ2v) is 7.83. The highest BCUT2D eigenvalue weighted by molar-refractivity contribution is 6.30. The lowest BCUT2D eigenvalue weighted by Crippen LogP contribution is -2.60. The molecule has 0 radical (unpaired) electrons. The summed E-state index contributed by atoms with van der Waals surface area (Å²) >= 11 is 5.86. The van der Waals surface area contributed by atoms with Gasteiger partial charge in [0, 0.05) is 30.2 Å². The molecule has 0 saturated carbocycles. The van der Waals surface area contributed by atoms with Crippen LogP contribution in [0.1, 0.15) is 28.8 Å². The molecule has 3 N–H and O–H groups in total. The van der Waals surface area contributed by atoms with Crippen LogP contribution in [0.15, 0.2) is 54.6 Å². The first-order valence-electron chi connectivity index (χ1n) is 9.68. The lowest BCUT2D eigenvalue weighted by molar-refractivity contribution is -0.110. The molecule has 2 atom stereocenters. The zero-order valence-corrected chi connectivity index (χ0v) is 16.6. The summed E-state index contributed by atoms with van der Waals surface area (Å²) in [7, 11) is 0. The molecule has 6 heteroatoms. The fraction of sp³-hybridized carbons (Fsp3) is 0.409. The summed E-state index contributed by atoms with van der Waals surface area (Å²) in [6.45, 7) is 1.59. The Labute approximate surface area is 170 Å². The van der Waals surface area contributed by atoms with E-state index in [0.717, 1.165) is 19.4 Å². The molecule has 150 valence electrons. The quantitative estimate of drug-likeness (QED) is 0.622. The highest BCUT2D eigenvalue weighted by atomic mass is 35.5. The van der Waals surface area contributed by atoms with Crippen molar-refractivity contribution in [2.24, 2.45) is 0 Å². The van der Waals surface area contributed by atoms with Gasteiger partial charge in [0.2, 0.25) is 0 Å². The number of nitrogens with zero attached hydrogens (tertiary/aromatic N) is 1. The number of amides is 1. The summed E-state index contributed by atoms with van der Waals surface area (Å²) in [4.78, 5) is 14.2. The molecule has 1 saturated heterocycles. The van der Waals surface area contributed by atoms with Crippen LogP contribution in [0.4, 0.5) is 0 Å². The largest absolute Gasteiger partial charge is 0.388 e. The van der Waals surface area contributed by atoms with E-state index in [1.807, 2.05) is 18.2 Å². The van der Waals surface area contributed by atoms with E-state index in [1.165, 1.54) is 5.56 Å². The molecule has 2 aromatic carbocycles. The SMILES string of the molecule is O=C(c1ccc(Cl)cc1)N1CC[C@](O)(CNCCCc2ccccc2)[C@@H](O)C1. The number of nitrogens with one attached hydrogen (secondary N) is 1. The molecule has 3 rings (SSSR count). The molecule has 2 aromatic rings. The number of halogens is 1. The molecule has 1 aliphatic heterocycles. The van der Waals surface area contributed by atoms with Crippen LogP contribution < -0.4 is 5.32 Å². The molecule has 0 unspecified atom stereocenters. The zero-order chi connectivity index (χ0) is 20.0. The van der Waals surface area contributed by atoms with Gasteiger partial charge in [-0.25, -0.2) is 0 Å². The average Bonchev–Trinajstić information content (AvgIpc) is 2.71. The third kappa shape index (κ3) is 5.32. The topological polar surface area (TPSA) is 72.8 Å². The molecule has 1 heterocycles. The minimum atomic E-state index is -1.22.